The van der Waals surface area contributed by atoms with E-state index in [9.17, 15) is 4.79 Å². The Balaban J connectivity index is 2.04. The predicted octanol–water partition coefficient (Wildman–Crippen LogP) is 2.32. The molecule has 0 saturated heterocycles. The Kier molecular flexibility index (Phi) is 3.42. The minimum atomic E-state index is -0.245. The lowest BCUT2D eigenvalue weighted by molar-refractivity contribution is 0.102. The van der Waals surface area contributed by atoms with Crippen molar-refractivity contribution in [2.45, 2.75) is 0 Å². The molecule has 0 atom stereocenters. The quantitative estimate of drug-likeness (QED) is 0.769. The lowest BCUT2D eigenvalue weighted by atomic mass is 10.1. The van der Waals surface area contributed by atoms with Crippen molar-refractivity contribution in [1.82, 2.24) is 15.2 Å². The van der Waals surface area contributed by atoms with E-state index in [-0.39, 0.29) is 5.91 Å². The molecule has 0 bridgehead atoms. The number of hydrogen-bond donors (Lipinski definition) is 2. The van der Waals surface area contributed by atoms with Gasteiger partial charge in [-0.25, -0.2) is 4.98 Å². The third-order valence-corrected chi connectivity index (χ3v) is 3.03. The molecule has 6 heteroatoms. The maximum atomic E-state index is 12.5. The molecule has 21 heavy (non-hydrogen) atoms. The minimum Gasteiger partial charge on any atom is -0.373 e. The van der Waals surface area contributed by atoms with Crippen LogP contribution in [-0.4, -0.2) is 28.1 Å². The molecule has 6 nitrogen and oxygen atoms in total. The number of fused-ring (bicyclic) bond motifs is 1. The van der Waals surface area contributed by atoms with Crippen LogP contribution in [0.25, 0.3) is 10.9 Å². The molecule has 0 aliphatic heterocycles. The van der Waals surface area contributed by atoms with Crippen LogP contribution in [0.1, 0.15) is 10.4 Å². The number of pyridine rings is 1. The number of amides is 1. The second-order valence-corrected chi connectivity index (χ2v) is 4.39. The number of aromatic nitrogens is 3. The number of rotatable bonds is 3. The summed E-state index contributed by atoms with van der Waals surface area (Å²) >= 11 is 0. The van der Waals surface area contributed by atoms with Gasteiger partial charge in [-0.3, -0.25) is 4.79 Å². The van der Waals surface area contributed by atoms with Crippen molar-refractivity contribution in [3.63, 3.8) is 0 Å². The predicted molar refractivity (Wildman–Crippen MR) is 81.3 cm³/mol. The highest BCUT2D eigenvalue weighted by molar-refractivity contribution is 6.12. The molecule has 0 saturated carbocycles. The van der Waals surface area contributed by atoms with E-state index in [1.54, 1.807) is 31.4 Å². The highest BCUT2D eigenvalue weighted by Crippen LogP contribution is 2.21. The number of para-hydroxylation sites is 1. The van der Waals surface area contributed by atoms with Crippen LogP contribution in [0.5, 0.6) is 0 Å². The largest absolute Gasteiger partial charge is 0.373 e. The van der Waals surface area contributed by atoms with Crippen molar-refractivity contribution < 1.29 is 4.79 Å². The van der Waals surface area contributed by atoms with Crippen molar-refractivity contribution in [1.29, 1.82) is 0 Å². The highest BCUT2D eigenvalue weighted by Gasteiger charge is 2.13. The molecule has 0 fully saturated rings. The van der Waals surface area contributed by atoms with Crippen molar-refractivity contribution >= 4 is 28.4 Å². The van der Waals surface area contributed by atoms with Crippen LogP contribution >= 0.6 is 0 Å². The molecule has 2 aromatic heterocycles. The van der Waals surface area contributed by atoms with Gasteiger partial charge < -0.3 is 10.6 Å². The molecule has 0 unspecified atom stereocenters. The second-order valence-electron chi connectivity index (χ2n) is 4.39. The number of nitrogens with one attached hydrogen (secondary N) is 2. The Bertz CT molecular complexity index is 788. The molecular formula is C15H13N5O. The lowest BCUT2D eigenvalue weighted by Gasteiger charge is -2.09. The highest BCUT2D eigenvalue weighted by atomic mass is 16.1. The van der Waals surface area contributed by atoms with E-state index < -0.39 is 0 Å². The van der Waals surface area contributed by atoms with E-state index in [1.807, 2.05) is 24.3 Å². The Morgan fingerprint density at radius 2 is 1.95 bits per heavy atom. The molecule has 2 heterocycles. The average molecular weight is 279 g/mol. The second kappa shape index (κ2) is 5.54. The van der Waals surface area contributed by atoms with E-state index in [4.69, 9.17) is 0 Å². The van der Waals surface area contributed by atoms with Gasteiger partial charge in [0, 0.05) is 18.6 Å². The maximum absolute atomic E-state index is 12.5. The fourth-order valence-corrected chi connectivity index (χ4v) is 2.04. The molecule has 3 aromatic rings. The first-order valence-corrected chi connectivity index (χ1v) is 6.44. The van der Waals surface area contributed by atoms with Crippen LogP contribution < -0.4 is 10.6 Å². The van der Waals surface area contributed by atoms with Crippen LogP contribution in [0.15, 0.2) is 48.7 Å². The molecule has 2 N–H and O–H groups in total. The van der Waals surface area contributed by atoms with Crippen LogP contribution in [0.4, 0.5) is 11.6 Å². The zero-order chi connectivity index (χ0) is 14.7. The molecular weight excluding hydrogens is 266 g/mol. The summed E-state index contributed by atoms with van der Waals surface area (Å²) in [5, 5.41) is 14.1. The first-order chi connectivity index (χ1) is 10.3. The van der Waals surface area contributed by atoms with E-state index in [0.29, 0.717) is 17.2 Å². The van der Waals surface area contributed by atoms with Crippen molar-refractivity contribution in [3.05, 3.63) is 54.2 Å². The Hall–Kier alpha value is -3.02. The van der Waals surface area contributed by atoms with E-state index in [1.165, 1.54) is 0 Å². The summed E-state index contributed by atoms with van der Waals surface area (Å²) in [6, 6.07) is 12.6. The number of carbonyl (C=O) groups excluding carboxylic acids is 1. The smallest absolute Gasteiger partial charge is 0.257 e. The number of anilines is 2. The van der Waals surface area contributed by atoms with Crippen LogP contribution in [0.3, 0.4) is 0 Å². The molecule has 3 rings (SSSR count). The number of nitrogens with zero attached hydrogens (tertiary/aromatic N) is 3. The summed E-state index contributed by atoms with van der Waals surface area (Å²) in [6.07, 6.45) is 1.55. The zero-order valence-electron chi connectivity index (χ0n) is 11.4. The summed E-state index contributed by atoms with van der Waals surface area (Å²) in [5.74, 6) is 0.804. The van der Waals surface area contributed by atoms with E-state index in [0.717, 1.165) is 10.9 Å². The van der Waals surface area contributed by atoms with E-state index >= 15 is 0 Å². The third kappa shape index (κ3) is 2.64. The number of hydrogen-bond acceptors (Lipinski definition) is 5. The van der Waals surface area contributed by atoms with Crippen LogP contribution in [-0.2, 0) is 0 Å². The van der Waals surface area contributed by atoms with Gasteiger partial charge in [0.05, 0.1) is 11.1 Å². The van der Waals surface area contributed by atoms with Crippen LogP contribution in [0, 0.1) is 0 Å². The first kappa shape index (κ1) is 13.0. The SMILES string of the molecule is CNc1cc(C(=O)Nc2cccnn2)c2ccccc2n1. The fraction of sp³-hybridized carbons (Fsp3) is 0.0667. The number of benzene rings is 1. The van der Waals surface area contributed by atoms with Crippen molar-refractivity contribution in [2.24, 2.45) is 0 Å². The summed E-state index contributed by atoms with van der Waals surface area (Å²) < 4.78 is 0. The lowest BCUT2D eigenvalue weighted by Crippen LogP contribution is -2.14. The molecule has 1 aromatic carbocycles. The van der Waals surface area contributed by atoms with Gasteiger partial charge >= 0.3 is 0 Å². The Morgan fingerprint density at radius 3 is 2.71 bits per heavy atom. The Morgan fingerprint density at radius 1 is 1.10 bits per heavy atom. The van der Waals surface area contributed by atoms with Gasteiger partial charge in [0.15, 0.2) is 5.82 Å². The third-order valence-electron chi connectivity index (χ3n) is 3.03. The normalized spacial score (nSPS) is 10.3. The minimum absolute atomic E-state index is 0.245. The van der Waals surface area contributed by atoms with Gasteiger partial charge in [-0.1, -0.05) is 18.2 Å². The van der Waals surface area contributed by atoms with Gasteiger partial charge in [0.2, 0.25) is 0 Å². The topological polar surface area (TPSA) is 79.8 Å². The fourth-order valence-electron chi connectivity index (χ4n) is 2.04. The summed E-state index contributed by atoms with van der Waals surface area (Å²) in [5.41, 5.74) is 1.30. The Labute approximate surface area is 121 Å². The molecule has 0 spiro atoms. The van der Waals surface area contributed by atoms with Gasteiger partial charge in [0.25, 0.3) is 5.91 Å². The number of carbonyl (C=O) groups is 1. The van der Waals surface area contributed by atoms with Crippen LogP contribution in [0.2, 0.25) is 0 Å². The van der Waals surface area contributed by atoms with Gasteiger partial charge in [-0.2, -0.15) is 5.10 Å². The summed E-state index contributed by atoms with van der Waals surface area (Å²) in [7, 11) is 1.77. The molecule has 104 valence electrons. The monoisotopic (exact) mass is 279 g/mol. The molecule has 0 aliphatic carbocycles. The van der Waals surface area contributed by atoms with E-state index in [2.05, 4.69) is 25.8 Å². The molecule has 0 radical (unpaired) electrons. The zero-order valence-corrected chi connectivity index (χ0v) is 11.4. The van der Waals surface area contributed by atoms with Gasteiger partial charge in [0.1, 0.15) is 5.82 Å². The summed E-state index contributed by atoms with van der Waals surface area (Å²) in [6.45, 7) is 0. The average Bonchev–Trinajstić information content (AvgIpc) is 2.54. The van der Waals surface area contributed by atoms with Crippen molar-refractivity contribution in [2.75, 3.05) is 17.7 Å². The first-order valence-electron chi connectivity index (χ1n) is 6.44. The maximum Gasteiger partial charge on any atom is 0.257 e. The standard InChI is InChI=1S/C15H13N5O/c1-16-14-9-11(10-5-2-3-6-12(10)18-14)15(21)19-13-7-4-8-17-20-13/h2-9H,1H3,(H,16,18)(H,19,20,21). The molecule has 1 amide bonds. The van der Waals surface area contributed by atoms with Crippen molar-refractivity contribution in [3.8, 4) is 0 Å². The molecule has 0 aliphatic rings. The summed E-state index contributed by atoms with van der Waals surface area (Å²) in [4.78, 5) is 16.9. The van der Waals surface area contributed by atoms with Gasteiger partial charge in [-0.15, -0.1) is 5.10 Å². The van der Waals surface area contributed by atoms with Gasteiger partial charge in [-0.05, 0) is 24.3 Å².